The van der Waals surface area contributed by atoms with Crippen LogP contribution in [0, 0.1) is 0 Å². The number of aliphatic hydroxyl groups is 1. The molecule has 1 atom stereocenters. The van der Waals surface area contributed by atoms with Gasteiger partial charge in [0.2, 0.25) is 5.91 Å². The SMILES string of the molecule is NC(=O)C(N)CCOc1ccccc1CO. The fourth-order valence-electron chi connectivity index (χ4n) is 1.21. The standard InChI is InChI=1S/C11H16N2O3/c12-9(11(13)15)5-6-16-10-4-2-1-3-8(10)7-14/h1-4,9,14H,5-7,12H2,(H2,13,15). The Morgan fingerprint density at radius 1 is 1.44 bits per heavy atom. The van der Waals surface area contributed by atoms with Crippen LogP contribution in [0.25, 0.3) is 0 Å². The highest BCUT2D eigenvalue weighted by molar-refractivity contribution is 5.79. The number of rotatable bonds is 6. The van der Waals surface area contributed by atoms with Gasteiger partial charge in [0.1, 0.15) is 5.75 Å². The first kappa shape index (κ1) is 12.5. The van der Waals surface area contributed by atoms with Crippen LogP contribution in [-0.4, -0.2) is 23.7 Å². The van der Waals surface area contributed by atoms with Gasteiger partial charge in [-0.2, -0.15) is 0 Å². The first-order valence-electron chi connectivity index (χ1n) is 5.01. The van der Waals surface area contributed by atoms with Gasteiger partial charge in [-0.15, -0.1) is 0 Å². The van der Waals surface area contributed by atoms with Crippen molar-refractivity contribution in [3.8, 4) is 5.75 Å². The lowest BCUT2D eigenvalue weighted by molar-refractivity contribution is -0.119. The molecule has 1 aromatic rings. The minimum atomic E-state index is -0.693. The van der Waals surface area contributed by atoms with Gasteiger partial charge in [-0.05, 0) is 6.07 Å². The Morgan fingerprint density at radius 2 is 2.12 bits per heavy atom. The van der Waals surface area contributed by atoms with Crippen LogP contribution < -0.4 is 16.2 Å². The van der Waals surface area contributed by atoms with E-state index in [2.05, 4.69) is 0 Å². The zero-order chi connectivity index (χ0) is 12.0. The van der Waals surface area contributed by atoms with Crippen molar-refractivity contribution in [2.24, 2.45) is 11.5 Å². The van der Waals surface area contributed by atoms with Crippen molar-refractivity contribution in [3.63, 3.8) is 0 Å². The predicted molar refractivity (Wildman–Crippen MR) is 59.6 cm³/mol. The van der Waals surface area contributed by atoms with E-state index in [0.29, 0.717) is 24.3 Å². The van der Waals surface area contributed by atoms with Gasteiger partial charge in [-0.1, -0.05) is 18.2 Å². The molecular formula is C11H16N2O3. The molecule has 16 heavy (non-hydrogen) atoms. The Labute approximate surface area is 94.0 Å². The van der Waals surface area contributed by atoms with Gasteiger partial charge >= 0.3 is 0 Å². The maximum atomic E-state index is 10.7. The van der Waals surface area contributed by atoms with Gasteiger partial charge in [0.25, 0.3) is 0 Å². The molecule has 0 spiro atoms. The van der Waals surface area contributed by atoms with Crippen LogP contribution in [0.4, 0.5) is 0 Å². The Hall–Kier alpha value is -1.59. The molecule has 0 bridgehead atoms. The highest BCUT2D eigenvalue weighted by Gasteiger charge is 2.09. The highest BCUT2D eigenvalue weighted by atomic mass is 16.5. The minimum Gasteiger partial charge on any atom is -0.493 e. The van der Waals surface area contributed by atoms with E-state index in [-0.39, 0.29) is 6.61 Å². The second-order valence-electron chi connectivity index (χ2n) is 3.41. The quantitative estimate of drug-likeness (QED) is 0.621. The summed E-state index contributed by atoms with van der Waals surface area (Å²) in [7, 11) is 0. The van der Waals surface area contributed by atoms with Crippen LogP contribution in [-0.2, 0) is 11.4 Å². The molecule has 5 nitrogen and oxygen atoms in total. The number of para-hydroxylation sites is 1. The average molecular weight is 224 g/mol. The lowest BCUT2D eigenvalue weighted by Gasteiger charge is -2.11. The molecule has 0 aliphatic rings. The number of carbonyl (C=O) groups excluding carboxylic acids is 1. The molecule has 1 amide bonds. The van der Waals surface area contributed by atoms with E-state index < -0.39 is 11.9 Å². The molecule has 1 aromatic carbocycles. The van der Waals surface area contributed by atoms with Crippen molar-refractivity contribution in [2.75, 3.05) is 6.61 Å². The molecule has 5 N–H and O–H groups in total. The van der Waals surface area contributed by atoms with Crippen molar-refractivity contribution >= 4 is 5.91 Å². The van der Waals surface area contributed by atoms with Crippen LogP contribution in [0.3, 0.4) is 0 Å². The van der Waals surface area contributed by atoms with E-state index >= 15 is 0 Å². The fraction of sp³-hybridized carbons (Fsp3) is 0.364. The maximum Gasteiger partial charge on any atom is 0.234 e. The summed E-state index contributed by atoms with van der Waals surface area (Å²) in [5.74, 6) is 0.0562. The molecule has 0 radical (unpaired) electrons. The van der Waals surface area contributed by atoms with Gasteiger partial charge in [-0.3, -0.25) is 4.79 Å². The molecule has 0 saturated carbocycles. The summed E-state index contributed by atoms with van der Waals surface area (Å²) in [6, 6.07) is 6.45. The Morgan fingerprint density at radius 3 is 2.75 bits per heavy atom. The number of carbonyl (C=O) groups is 1. The predicted octanol–water partition coefficient (Wildman–Crippen LogP) is -0.240. The van der Waals surface area contributed by atoms with Crippen LogP contribution in [0.5, 0.6) is 5.75 Å². The lowest BCUT2D eigenvalue weighted by atomic mass is 10.2. The summed E-state index contributed by atoms with van der Waals surface area (Å²) in [6.45, 7) is 0.208. The average Bonchev–Trinajstić information content (AvgIpc) is 2.29. The minimum absolute atomic E-state index is 0.0853. The second kappa shape index (κ2) is 6.09. The number of amides is 1. The number of hydrogen-bond acceptors (Lipinski definition) is 4. The third-order valence-electron chi connectivity index (χ3n) is 2.19. The zero-order valence-corrected chi connectivity index (χ0v) is 8.93. The number of hydrogen-bond donors (Lipinski definition) is 3. The lowest BCUT2D eigenvalue weighted by Crippen LogP contribution is -2.37. The van der Waals surface area contributed by atoms with Crippen molar-refractivity contribution in [2.45, 2.75) is 19.1 Å². The first-order chi connectivity index (χ1) is 7.65. The Kier molecular flexibility index (Phi) is 4.75. The molecule has 0 aromatic heterocycles. The molecule has 1 rings (SSSR count). The number of benzene rings is 1. The third kappa shape index (κ3) is 3.52. The molecule has 0 fully saturated rings. The monoisotopic (exact) mass is 224 g/mol. The fourth-order valence-corrected chi connectivity index (χ4v) is 1.21. The van der Waals surface area contributed by atoms with E-state index in [0.717, 1.165) is 0 Å². The van der Waals surface area contributed by atoms with Crippen molar-refractivity contribution in [1.82, 2.24) is 0 Å². The van der Waals surface area contributed by atoms with E-state index in [1.807, 2.05) is 12.1 Å². The van der Waals surface area contributed by atoms with E-state index in [4.69, 9.17) is 21.3 Å². The smallest absolute Gasteiger partial charge is 0.234 e. The van der Waals surface area contributed by atoms with Gasteiger partial charge in [-0.25, -0.2) is 0 Å². The Bertz CT molecular complexity index is 355. The van der Waals surface area contributed by atoms with Crippen molar-refractivity contribution in [1.29, 1.82) is 0 Å². The van der Waals surface area contributed by atoms with Crippen molar-refractivity contribution < 1.29 is 14.6 Å². The molecule has 0 saturated heterocycles. The van der Waals surface area contributed by atoms with Gasteiger partial charge < -0.3 is 21.3 Å². The second-order valence-corrected chi connectivity index (χ2v) is 3.41. The molecule has 1 unspecified atom stereocenters. The number of primary amides is 1. The molecule has 0 aliphatic heterocycles. The summed E-state index contributed by atoms with van der Waals surface area (Å²) in [5, 5.41) is 9.04. The summed E-state index contributed by atoms with van der Waals surface area (Å²) < 4.78 is 5.40. The van der Waals surface area contributed by atoms with Gasteiger partial charge in [0.15, 0.2) is 0 Å². The molecule has 0 heterocycles. The van der Waals surface area contributed by atoms with Crippen molar-refractivity contribution in [3.05, 3.63) is 29.8 Å². The summed E-state index contributed by atoms with van der Waals surface area (Å²) in [4.78, 5) is 10.7. The van der Waals surface area contributed by atoms with Crippen LogP contribution >= 0.6 is 0 Å². The summed E-state index contributed by atoms with van der Waals surface area (Å²) in [5.41, 5.74) is 11.2. The highest BCUT2D eigenvalue weighted by Crippen LogP contribution is 2.17. The van der Waals surface area contributed by atoms with Crippen LogP contribution in [0.15, 0.2) is 24.3 Å². The third-order valence-corrected chi connectivity index (χ3v) is 2.19. The van der Waals surface area contributed by atoms with E-state index in [1.165, 1.54) is 0 Å². The number of nitrogens with two attached hydrogens (primary N) is 2. The largest absolute Gasteiger partial charge is 0.493 e. The van der Waals surface area contributed by atoms with Crippen LogP contribution in [0.2, 0.25) is 0 Å². The molecule has 88 valence electrons. The van der Waals surface area contributed by atoms with Gasteiger partial charge in [0, 0.05) is 12.0 Å². The zero-order valence-electron chi connectivity index (χ0n) is 8.93. The topological polar surface area (TPSA) is 98.6 Å². The number of ether oxygens (including phenoxy) is 1. The molecule has 0 aliphatic carbocycles. The van der Waals surface area contributed by atoms with Crippen LogP contribution in [0.1, 0.15) is 12.0 Å². The normalized spacial score (nSPS) is 12.1. The van der Waals surface area contributed by atoms with E-state index in [1.54, 1.807) is 12.1 Å². The maximum absolute atomic E-state index is 10.7. The Balaban J connectivity index is 2.45. The summed E-state index contributed by atoms with van der Waals surface area (Å²) in [6.07, 6.45) is 0.356. The molecule has 5 heteroatoms. The van der Waals surface area contributed by atoms with Gasteiger partial charge in [0.05, 0.1) is 19.3 Å². The first-order valence-corrected chi connectivity index (χ1v) is 5.01. The number of aliphatic hydroxyl groups excluding tert-OH is 1. The van der Waals surface area contributed by atoms with E-state index in [9.17, 15) is 4.79 Å². The summed E-state index contributed by atoms with van der Waals surface area (Å²) >= 11 is 0. The molecular weight excluding hydrogens is 208 g/mol.